The SMILES string of the molecule is COc1ccc(CCC(O)c2ccnc(C)n2)cc1. The smallest absolute Gasteiger partial charge is 0.125 e. The van der Waals surface area contributed by atoms with E-state index in [1.807, 2.05) is 31.2 Å². The number of aryl methyl sites for hydroxylation is 2. The molecule has 1 aromatic heterocycles. The molecular formula is C15H18N2O2. The Labute approximate surface area is 113 Å². The molecule has 2 aromatic rings. The molecule has 4 nitrogen and oxygen atoms in total. The Morgan fingerprint density at radius 3 is 2.58 bits per heavy atom. The molecule has 2 rings (SSSR count). The van der Waals surface area contributed by atoms with Crippen LogP contribution in [0.1, 0.15) is 29.6 Å². The van der Waals surface area contributed by atoms with E-state index in [0.29, 0.717) is 17.9 Å². The predicted molar refractivity (Wildman–Crippen MR) is 73.0 cm³/mol. The van der Waals surface area contributed by atoms with Crippen molar-refractivity contribution in [2.45, 2.75) is 25.9 Å². The molecule has 0 spiro atoms. The summed E-state index contributed by atoms with van der Waals surface area (Å²) >= 11 is 0. The van der Waals surface area contributed by atoms with E-state index < -0.39 is 6.10 Å². The third-order valence-electron chi connectivity index (χ3n) is 3.00. The monoisotopic (exact) mass is 258 g/mol. The van der Waals surface area contributed by atoms with Crippen molar-refractivity contribution in [1.29, 1.82) is 0 Å². The first-order valence-corrected chi connectivity index (χ1v) is 6.29. The fourth-order valence-corrected chi connectivity index (χ4v) is 1.90. The zero-order valence-electron chi connectivity index (χ0n) is 11.2. The van der Waals surface area contributed by atoms with Crippen LogP contribution in [0.3, 0.4) is 0 Å². The van der Waals surface area contributed by atoms with Crippen LogP contribution in [0.15, 0.2) is 36.5 Å². The van der Waals surface area contributed by atoms with E-state index in [9.17, 15) is 5.11 Å². The van der Waals surface area contributed by atoms with Crippen LogP contribution in [0.4, 0.5) is 0 Å². The van der Waals surface area contributed by atoms with E-state index in [1.165, 1.54) is 5.56 Å². The van der Waals surface area contributed by atoms with Crippen LogP contribution in [-0.4, -0.2) is 22.2 Å². The molecule has 0 amide bonds. The van der Waals surface area contributed by atoms with Gasteiger partial charge in [-0.1, -0.05) is 12.1 Å². The molecule has 0 saturated heterocycles. The molecule has 0 aliphatic rings. The minimum absolute atomic E-state index is 0.552. The molecule has 1 unspecified atom stereocenters. The summed E-state index contributed by atoms with van der Waals surface area (Å²) in [6, 6.07) is 9.63. The second-order valence-corrected chi connectivity index (χ2v) is 4.43. The normalized spacial score (nSPS) is 12.2. The third-order valence-corrected chi connectivity index (χ3v) is 3.00. The maximum absolute atomic E-state index is 10.1. The lowest BCUT2D eigenvalue weighted by atomic mass is 10.0. The fourth-order valence-electron chi connectivity index (χ4n) is 1.90. The van der Waals surface area contributed by atoms with Crippen LogP contribution in [0.2, 0.25) is 0 Å². The van der Waals surface area contributed by atoms with Crippen LogP contribution in [0.25, 0.3) is 0 Å². The summed E-state index contributed by atoms with van der Waals surface area (Å²) in [6.07, 6.45) is 2.56. The second-order valence-electron chi connectivity index (χ2n) is 4.43. The summed E-state index contributed by atoms with van der Waals surface area (Å²) in [5.74, 6) is 1.52. The van der Waals surface area contributed by atoms with Gasteiger partial charge >= 0.3 is 0 Å². The number of aliphatic hydroxyl groups excluding tert-OH is 1. The van der Waals surface area contributed by atoms with Gasteiger partial charge in [0, 0.05) is 6.20 Å². The Bertz CT molecular complexity index is 526. The number of aliphatic hydroxyl groups is 1. The number of methoxy groups -OCH3 is 1. The molecule has 0 saturated carbocycles. The molecule has 0 aliphatic carbocycles. The van der Waals surface area contributed by atoms with Gasteiger partial charge in [-0.3, -0.25) is 0 Å². The van der Waals surface area contributed by atoms with Crippen LogP contribution in [0.5, 0.6) is 5.75 Å². The first-order valence-electron chi connectivity index (χ1n) is 6.29. The standard InChI is InChI=1S/C15H18N2O2/c1-11-16-10-9-14(17-11)15(18)8-5-12-3-6-13(19-2)7-4-12/h3-4,6-7,9-10,15,18H,5,8H2,1-2H3. The highest BCUT2D eigenvalue weighted by atomic mass is 16.5. The summed E-state index contributed by atoms with van der Waals surface area (Å²) in [7, 11) is 1.65. The van der Waals surface area contributed by atoms with Gasteiger partial charge in [0.1, 0.15) is 11.6 Å². The van der Waals surface area contributed by atoms with Gasteiger partial charge in [-0.2, -0.15) is 0 Å². The first-order chi connectivity index (χ1) is 9.19. The molecule has 0 bridgehead atoms. The van der Waals surface area contributed by atoms with Gasteiger partial charge in [0.15, 0.2) is 0 Å². The molecule has 1 heterocycles. The lowest BCUT2D eigenvalue weighted by molar-refractivity contribution is 0.162. The van der Waals surface area contributed by atoms with Crippen molar-refractivity contribution in [3.05, 3.63) is 53.6 Å². The van der Waals surface area contributed by atoms with Gasteiger partial charge in [0.25, 0.3) is 0 Å². The molecule has 1 N–H and O–H groups in total. The van der Waals surface area contributed by atoms with Gasteiger partial charge < -0.3 is 9.84 Å². The Morgan fingerprint density at radius 2 is 1.95 bits per heavy atom. The summed E-state index contributed by atoms with van der Waals surface area (Å²) in [6.45, 7) is 1.82. The molecule has 100 valence electrons. The Hall–Kier alpha value is -1.94. The van der Waals surface area contributed by atoms with Crippen LogP contribution >= 0.6 is 0 Å². The summed E-state index contributed by atoms with van der Waals surface area (Å²) in [5.41, 5.74) is 1.85. The molecule has 0 fully saturated rings. The van der Waals surface area contributed by atoms with E-state index in [4.69, 9.17) is 4.74 Å². The van der Waals surface area contributed by atoms with Crippen LogP contribution < -0.4 is 4.74 Å². The fraction of sp³-hybridized carbons (Fsp3) is 0.333. The molecule has 1 atom stereocenters. The zero-order valence-corrected chi connectivity index (χ0v) is 11.2. The number of benzene rings is 1. The van der Waals surface area contributed by atoms with Crippen molar-refractivity contribution >= 4 is 0 Å². The molecular weight excluding hydrogens is 240 g/mol. The van der Waals surface area contributed by atoms with E-state index in [1.54, 1.807) is 19.4 Å². The van der Waals surface area contributed by atoms with E-state index >= 15 is 0 Å². The highest BCUT2D eigenvalue weighted by molar-refractivity contribution is 5.27. The molecule has 1 aromatic carbocycles. The number of nitrogens with zero attached hydrogens (tertiary/aromatic N) is 2. The molecule has 0 radical (unpaired) electrons. The molecule has 19 heavy (non-hydrogen) atoms. The van der Waals surface area contributed by atoms with Crippen molar-refractivity contribution in [3.8, 4) is 5.75 Å². The van der Waals surface area contributed by atoms with Gasteiger partial charge in [-0.25, -0.2) is 9.97 Å². The van der Waals surface area contributed by atoms with Crippen molar-refractivity contribution in [3.63, 3.8) is 0 Å². The number of ether oxygens (including phenoxy) is 1. The quantitative estimate of drug-likeness (QED) is 0.895. The van der Waals surface area contributed by atoms with E-state index in [2.05, 4.69) is 9.97 Å². The average Bonchev–Trinajstić information content (AvgIpc) is 2.45. The van der Waals surface area contributed by atoms with Crippen LogP contribution in [0, 0.1) is 6.92 Å². The van der Waals surface area contributed by atoms with Crippen molar-refractivity contribution < 1.29 is 9.84 Å². The second kappa shape index (κ2) is 6.29. The maximum Gasteiger partial charge on any atom is 0.125 e. The Kier molecular flexibility index (Phi) is 4.47. The van der Waals surface area contributed by atoms with Crippen molar-refractivity contribution in [1.82, 2.24) is 9.97 Å². The van der Waals surface area contributed by atoms with Crippen molar-refractivity contribution in [2.75, 3.05) is 7.11 Å². The van der Waals surface area contributed by atoms with E-state index in [0.717, 1.165) is 12.2 Å². The number of hydrogen-bond donors (Lipinski definition) is 1. The highest BCUT2D eigenvalue weighted by Crippen LogP contribution is 2.18. The van der Waals surface area contributed by atoms with Crippen LogP contribution in [-0.2, 0) is 6.42 Å². The predicted octanol–water partition coefficient (Wildman–Crippen LogP) is 2.46. The maximum atomic E-state index is 10.1. The van der Waals surface area contributed by atoms with Crippen molar-refractivity contribution in [2.24, 2.45) is 0 Å². The lowest BCUT2D eigenvalue weighted by Crippen LogP contribution is -2.04. The van der Waals surface area contributed by atoms with Gasteiger partial charge in [-0.15, -0.1) is 0 Å². The van der Waals surface area contributed by atoms with Gasteiger partial charge in [-0.05, 0) is 43.5 Å². The zero-order chi connectivity index (χ0) is 13.7. The van der Waals surface area contributed by atoms with E-state index in [-0.39, 0.29) is 0 Å². The topological polar surface area (TPSA) is 55.2 Å². The summed E-state index contributed by atoms with van der Waals surface area (Å²) in [5, 5.41) is 10.1. The molecule has 4 heteroatoms. The van der Waals surface area contributed by atoms with Gasteiger partial charge in [0.2, 0.25) is 0 Å². The number of aromatic nitrogens is 2. The average molecular weight is 258 g/mol. The largest absolute Gasteiger partial charge is 0.497 e. The first kappa shape index (κ1) is 13.5. The Balaban J connectivity index is 1.94. The molecule has 0 aliphatic heterocycles. The minimum Gasteiger partial charge on any atom is -0.497 e. The Morgan fingerprint density at radius 1 is 1.21 bits per heavy atom. The minimum atomic E-state index is -0.552. The van der Waals surface area contributed by atoms with Gasteiger partial charge in [0.05, 0.1) is 18.9 Å². The highest BCUT2D eigenvalue weighted by Gasteiger charge is 2.09. The summed E-state index contributed by atoms with van der Waals surface area (Å²) < 4.78 is 5.11. The third kappa shape index (κ3) is 3.76. The number of hydrogen-bond acceptors (Lipinski definition) is 4. The summed E-state index contributed by atoms with van der Waals surface area (Å²) in [4.78, 5) is 8.26. The lowest BCUT2D eigenvalue weighted by Gasteiger charge is -2.10. The number of rotatable bonds is 5.